The average molecular weight is 827 g/mol. The highest BCUT2D eigenvalue weighted by Gasteiger charge is 2.47. The molecule has 310 valence electrons. The molecule has 2 nitrogen and oxygen atoms in total. The fraction of sp³-hybridized carbons (Fsp3) is 0.276. The first-order valence-electron chi connectivity index (χ1n) is 22.5. The first-order valence-corrected chi connectivity index (χ1v) is 23.3. The van der Waals surface area contributed by atoms with Gasteiger partial charge in [0.1, 0.15) is 0 Å². The minimum absolute atomic E-state index is 0.0149. The van der Waals surface area contributed by atoms with E-state index in [1.54, 1.807) is 0 Å². The fourth-order valence-electron chi connectivity index (χ4n) is 9.84. The van der Waals surface area contributed by atoms with Crippen LogP contribution in [0.2, 0.25) is 0 Å². The molecule has 4 heteroatoms. The first-order chi connectivity index (χ1) is 29.3. The van der Waals surface area contributed by atoms with Crippen molar-refractivity contribution in [2.75, 3.05) is 9.71 Å². The van der Waals surface area contributed by atoms with Crippen molar-refractivity contribution in [3.63, 3.8) is 0 Å². The summed E-state index contributed by atoms with van der Waals surface area (Å²) in [5.74, 6) is 0. The maximum Gasteiger partial charge on any atom is 0.334 e. The molecule has 0 N–H and O–H groups in total. The SMILES string of the molecule is CC(C)(C)c1ccc(N2B3c4c(cc(C(C)(C)C)cc4N(c4ccc(C(C)(C)C)cc4-c4ccccc4)c4ccc5c(sc6ccccc65)c43)-c3cc(C(C)(C)C)ccc32)cc1. The van der Waals surface area contributed by atoms with Crippen LogP contribution in [0.1, 0.15) is 105 Å². The molecule has 0 saturated heterocycles. The standard InChI is InChI=1S/C58H59BN2S/c1-55(2,3)37-22-26-41(27-23-37)61-48-30-25-39(57(7,8)9)33-45(48)46-34-40(58(10,11)12)35-50-52(46)59(61)53-49(31-28-43-42-20-16-17-21-51(42)62-54(43)53)60(50)47-29-24-38(56(4,5)6)32-44(47)36-18-14-13-15-19-36/h13-35H,1-12H3. The van der Waals surface area contributed by atoms with Crippen LogP contribution in [0.3, 0.4) is 0 Å². The van der Waals surface area contributed by atoms with Gasteiger partial charge in [0, 0.05) is 54.0 Å². The van der Waals surface area contributed by atoms with E-state index in [-0.39, 0.29) is 28.5 Å². The smallest absolute Gasteiger partial charge is 0.334 e. The third-order valence-electron chi connectivity index (χ3n) is 13.5. The molecule has 10 rings (SSSR count). The Hall–Kier alpha value is -5.58. The molecule has 2 aliphatic rings. The molecule has 3 heterocycles. The molecule has 1 aromatic heterocycles. The van der Waals surface area contributed by atoms with Crippen molar-refractivity contribution >= 4 is 77.7 Å². The van der Waals surface area contributed by atoms with Gasteiger partial charge in [-0.05, 0) is 121 Å². The van der Waals surface area contributed by atoms with E-state index in [1.165, 1.54) is 104 Å². The van der Waals surface area contributed by atoms with Crippen LogP contribution in [0.4, 0.5) is 28.4 Å². The molecular weight excluding hydrogens is 768 g/mol. The van der Waals surface area contributed by atoms with Crippen LogP contribution < -0.4 is 20.6 Å². The van der Waals surface area contributed by atoms with Gasteiger partial charge in [-0.1, -0.05) is 168 Å². The molecule has 0 spiro atoms. The molecule has 0 radical (unpaired) electrons. The number of benzene rings is 7. The summed E-state index contributed by atoms with van der Waals surface area (Å²) in [5.41, 5.74) is 19.3. The van der Waals surface area contributed by atoms with E-state index in [0.717, 1.165) is 0 Å². The van der Waals surface area contributed by atoms with Gasteiger partial charge in [-0.25, -0.2) is 0 Å². The lowest BCUT2D eigenvalue weighted by molar-refractivity contribution is 0.589. The van der Waals surface area contributed by atoms with Crippen LogP contribution in [-0.4, -0.2) is 6.85 Å². The van der Waals surface area contributed by atoms with Gasteiger partial charge < -0.3 is 9.71 Å². The van der Waals surface area contributed by atoms with E-state index in [0.29, 0.717) is 0 Å². The molecule has 0 saturated carbocycles. The third-order valence-corrected chi connectivity index (χ3v) is 14.7. The highest BCUT2D eigenvalue weighted by atomic mass is 32.1. The number of thiophene rings is 1. The zero-order valence-electron chi connectivity index (χ0n) is 38.7. The van der Waals surface area contributed by atoms with Crippen molar-refractivity contribution in [2.45, 2.75) is 105 Å². The number of rotatable bonds is 3. The number of hydrogen-bond acceptors (Lipinski definition) is 3. The maximum atomic E-state index is 2.69. The van der Waals surface area contributed by atoms with Crippen molar-refractivity contribution in [2.24, 2.45) is 0 Å². The Morgan fingerprint density at radius 3 is 1.60 bits per heavy atom. The topological polar surface area (TPSA) is 6.48 Å². The van der Waals surface area contributed by atoms with Gasteiger partial charge in [0.25, 0.3) is 0 Å². The van der Waals surface area contributed by atoms with Crippen molar-refractivity contribution in [3.8, 4) is 22.3 Å². The van der Waals surface area contributed by atoms with Gasteiger partial charge >= 0.3 is 6.85 Å². The van der Waals surface area contributed by atoms with E-state index < -0.39 is 0 Å². The highest BCUT2D eigenvalue weighted by molar-refractivity contribution is 7.27. The summed E-state index contributed by atoms with van der Waals surface area (Å²) >= 11 is 1.95. The molecule has 0 unspecified atom stereocenters. The Balaban J connectivity index is 1.39. The van der Waals surface area contributed by atoms with Crippen LogP contribution in [0.5, 0.6) is 0 Å². The van der Waals surface area contributed by atoms with Crippen molar-refractivity contribution in [1.29, 1.82) is 0 Å². The quantitative estimate of drug-likeness (QED) is 0.164. The zero-order chi connectivity index (χ0) is 43.7. The van der Waals surface area contributed by atoms with Gasteiger partial charge in [0.15, 0.2) is 0 Å². The third kappa shape index (κ3) is 6.51. The van der Waals surface area contributed by atoms with Crippen LogP contribution >= 0.6 is 11.3 Å². The molecule has 0 fully saturated rings. The Morgan fingerprint density at radius 2 is 0.952 bits per heavy atom. The number of anilines is 5. The van der Waals surface area contributed by atoms with Gasteiger partial charge in [-0.2, -0.15) is 0 Å². The van der Waals surface area contributed by atoms with E-state index in [2.05, 4.69) is 232 Å². The van der Waals surface area contributed by atoms with Crippen LogP contribution in [0.15, 0.2) is 140 Å². The van der Waals surface area contributed by atoms with E-state index in [9.17, 15) is 0 Å². The number of fused-ring (bicyclic) bond motifs is 8. The summed E-state index contributed by atoms with van der Waals surface area (Å²) in [6.07, 6.45) is 0. The largest absolute Gasteiger partial charge is 0.376 e. The minimum Gasteiger partial charge on any atom is -0.376 e. The number of hydrogen-bond donors (Lipinski definition) is 0. The van der Waals surface area contributed by atoms with Crippen molar-refractivity contribution in [1.82, 2.24) is 0 Å². The lowest BCUT2D eigenvalue weighted by Crippen LogP contribution is -2.61. The molecule has 62 heavy (non-hydrogen) atoms. The van der Waals surface area contributed by atoms with Crippen molar-refractivity contribution in [3.05, 3.63) is 162 Å². The summed E-state index contributed by atoms with van der Waals surface area (Å²) in [7, 11) is 0. The second-order valence-electron chi connectivity index (χ2n) is 21.9. The molecule has 0 atom stereocenters. The summed E-state index contributed by atoms with van der Waals surface area (Å²) in [5, 5.41) is 2.64. The molecule has 7 aromatic carbocycles. The summed E-state index contributed by atoms with van der Waals surface area (Å²) < 4.78 is 2.68. The molecule has 2 aliphatic heterocycles. The minimum atomic E-state index is -0.0948. The van der Waals surface area contributed by atoms with Crippen LogP contribution in [0, 0.1) is 0 Å². The van der Waals surface area contributed by atoms with Gasteiger partial charge in [-0.3, -0.25) is 0 Å². The monoisotopic (exact) mass is 826 g/mol. The van der Waals surface area contributed by atoms with Crippen LogP contribution in [-0.2, 0) is 21.7 Å². The maximum absolute atomic E-state index is 2.69. The predicted molar refractivity (Wildman–Crippen MR) is 273 cm³/mol. The summed E-state index contributed by atoms with van der Waals surface area (Å²) in [4.78, 5) is 5.34. The summed E-state index contributed by atoms with van der Waals surface area (Å²) in [6.45, 7) is 27.9. The lowest BCUT2D eigenvalue weighted by Gasteiger charge is -2.47. The zero-order valence-corrected chi connectivity index (χ0v) is 39.5. The van der Waals surface area contributed by atoms with Gasteiger partial charge in [0.05, 0.1) is 5.69 Å². The second-order valence-corrected chi connectivity index (χ2v) is 23.0. The molecule has 0 amide bonds. The first kappa shape index (κ1) is 40.5. The Labute approximate surface area is 374 Å². The fourth-order valence-corrected chi connectivity index (χ4v) is 11.1. The lowest BCUT2D eigenvalue weighted by atomic mass is 9.43. The van der Waals surface area contributed by atoms with Crippen molar-refractivity contribution < 1.29 is 0 Å². The van der Waals surface area contributed by atoms with E-state index in [4.69, 9.17) is 0 Å². The predicted octanol–water partition coefficient (Wildman–Crippen LogP) is 15.6. The highest BCUT2D eigenvalue weighted by Crippen LogP contribution is 2.52. The molecule has 0 aliphatic carbocycles. The van der Waals surface area contributed by atoms with E-state index >= 15 is 0 Å². The summed E-state index contributed by atoms with van der Waals surface area (Å²) in [6, 6.07) is 54.0. The van der Waals surface area contributed by atoms with E-state index in [1.807, 2.05) is 11.3 Å². The second kappa shape index (κ2) is 14.0. The molecule has 8 aromatic rings. The van der Waals surface area contributed by atoms with Crippen LogP contribution in [0.25, 0.3) is 42.4 Å². The Morgan fingerprint density at radius 1 is 0.403 bits per heavy atom. The molecular formula is C58H59BN2S. The average Bonchev–Trinajstić information content (AvgIpc) is 3.61. The van der Waals surface area contributed by atoms with Gasteiger partial charge in [0.2, 0.25) is 0 Å². The Bertz CT molecular complexity index is 3050. The normalized spacial score (nSPS) is 14.0. The van der Waals surface area contributed by atoms with Gasteiger partial charge in [-0.15, -0.1) is 11.3 Å². The number of nitrogens with zero attached hydrogens (tertiary/aromatic N) is 2. The molecule has 0 bridgehead atoms. The Kier molecular flexibility index (Phi) is 9.12.